The summed E-state index contributed by atoms with van der Waals surface area (Å²) in [6.07, 6.45) is 0.806. The minimum absolute atomic E-state index is 0.133. The summed E-state index contributed by atoms with van der Waals surface area (Å²) < 4.78 is 18.4. The van der Waals surface area contributed by atoms with Gasteiger partial charge in [-0.1, -0.05) is 42.5 Å². The zero-order chi connectivity index (χ0) is 18.6. The summed E-state index contributed by atoms with van der Waals surface area (Å²) >= 11 is 1.37. The average Bonchev–Trinajstić information content (AvgIpc) is 3.07. The lowest BCUT2D eigenvalue weighted by atomic mass is 10.2. The minimum Gasteiger partial charge on any atom is -0.345 e. The van der Waals surface area contributed by atoms with Gasteiger partial charge in [0.25, 0.3) is 5.91 Å². The second kappa shape index (κ2) is 7.84. The maximum absolute atomic E-state index is 13.9. The molecule has 2 aromatic carbocycles. The summed E-state index contributed by atoms with van der Waals surface area (Å²) in [6, 6.07) is 16.0. The number of halogens is 1. The van der Waals surface area contributed by atoms with Gasteiger partial charge in [-0.15, -0.1) is 0 Å². The van der Waals surface area contributed by atoms with Crippen LogP contribution >= 0.6 is 11.5 Å². The van der Waals surface area contributed by atoms with Crippen LogP contribution in [0.25, 0.3) is 11.4 Å². The van der Waals surface area contributed by atoms with Crippen LogP contribution in [0.2, 0.25) is 0 Å². The molecule has 27 heavy (non-hydrogen) atoms. The van der Waals surface area contributed by atoms with Crippen molar-refractivity contribution in [2.75, 3.05) is 31.1 Å². The lowest BCUT2D eigenvalue weighted by molar-refractivity contribution is 0.0762. The fourth-order valence-electron chi connectivity index (χ4n) is 3.17. The van der Waals surface area contributed by atoms with E-state index in [2.05, 4.69) is 14.3 Å². The minimum atomic E-state index is -0.472. The van der Waals surface area contributed by atoms with E-state index in [1.54, 1.807) is 17.0 Å². The Hall–Kier alpha value is -2.80. The third-order valence-electron chi connectivity index (χ3n) is 4.61. The largest absolute Gasteiger partial charge is 0.345 e. The molecule has 1 aromatic heterocycles. The van der Waals surface area contributed by atoms with Crippen molar-refractivity contribution in [3.05, 3.63) is 66.0 Å². The summed E-state index contributed by atoms with van der Waals surface area (Å²) in [6.45, 7) is 2.59. The van der Waals surface area contributed by atoms with Crippen molar-refractivity contribution in [1.82, 2.24) is 14.3 Å². The normalized spacial score (nSPS) is 14.9. The van der Waals surface area contributed by atoms with Gasteiger partial charge >= 0.3 is 0 Å². The Morgan fingerprint density at radius 1 is 0.963 bits per heavy atom. The zero-order valence-corrected chi connectivity index (χ0v) is 15.5. The predicted octanol–water partition coefficient (Wildman–Crippen LogP) is 3.70. The van der Waals surface area contributed by atoms with E-state index < -0.39 is 5.82 Å². The van der Waals surface area contributed by atoms with Gasteiger partial charge in [-0.3, -0.25) is 4.79 Å². The first-order valence-electron chi connectivity index (χ1n) is 8.90. The highest BCUT2D eigenvalue weighted by Crippen LogP contribution is 2.25. The van der Waals surface area contributed by atoms with Gasteiger partial charge in [-0.2, -0.15) is 9.36 Å². The quantitative estimate of drug-likeness (QED) is 0.693. The highest BCUT2D eigenvalue weighted by atomic mass is 32.1. The molecule has 0 radical (unpaired) electrons. The van der Waals surface area contributed by atoms with Crippen LogP contribution in [0.1, 0.15) is 16.8 Å². The number of carbonyl (C=O) groups is 1. The number of hydrogen-bond donors (Lipinski definition) is 0. The van der Waals surface area contributed by atoms with Gasteiger partial charge in [0.15, 0.2) is 5.82 Å². The van der Waals surface area contributed by atoms with Gasteiger partial charge in [0, 0.05) is 43.3 Å². The van der Waals surface area contributed by atoms with Crippen molar-refractivity contribution < 1.29 is 9.18 Å². The average molecular weight is 382 g/mol. The number of aromatic nitrogens is 2. The van der Waals surface area contributed by atoms with Crippen LogP contribution in [0.5, 0.6) is 0 Å². The maximum atomic E-state index is 13.9. The zero-order valence-electron chi connectivity index (χ0n) is 14.7. The molecule has 0 spiro atoms. The molecule has 3 aromatic rings. The summed E-state index contributed by atoms with van der Waals surface area (Å²) in [4.78, 5) is 21.2. The number of rotatable bonds is 3. The molecule has 1 aliphatic rings. The molecule has 0 bridgehead atoms. The number of carbonyl (C=O) groups excluding carboxylic acids is 1. The van der Waals surface area contributed by atoms with Gasteiger partial charge in [-0.05, 0) is 18.6 Å². The summed E-state index contributed by atoms with van der Waals surface area (Å²) in [7, 11) is 0. The van der Waals surface area contributed by atoms with Crippen LogP contribution in [0.3, 0.4) is 0 Å². The van der Waals surface area contributed by atoms with Gasteiger partial charge < -0.3 is 9.80 Å². The first kappa shape index (κ1) is 17.6. The van der Waals surface area contributed by atoms with Crippen LogP contribution in [0.15, 0.2) is 54.6 Å². The summed E-state index contributed by atoms with van der Waals surface area (Å²) in [5, 5.41) is 0.856. The van der Waals surface area contributed by atoms with Gasteiger partial charge in [0.05, 0.1) is 5.56 Å². The predicted molar refractivity (Wildman–Crippen MR) is 104 cm³/mol. The van der Waals surface area contributed by atoms with E-state index in [4.69, 9.17) is 0 Å². The first-order valence-corrected chi connectivity index (χ1v) is 9.67. The monoisotopic (exact) mass is 382 g/mol. The Morgan fingerprint density at radius 2 is 1.74 bits per heavy atom. The molecule has 0 saturated carbocycles. The van der Waals surface area contributed by atoms with E-state index in [0.717, 1.165) is 29.5 Å². The third-order valence-corrected chi connectivity index (χ3v) is 5.38. The number of benzene rings is 2. The SMILES string of the molecule is O=C(c1ccccc1F)N1CCCN(c2nc(-c3ccccc3)ns2)CC1. The van der Waals surface area contributed by atoms with E-state index in [1.165, 1.54) is 23.7 Å². The fourth-order valence-corrected chi connectivity index (χ4v) is 3.90. The van der Waals surface area contributed by atoms with E-state index in [0.29, 0.717) is 19.6 Å². The first-order chi connectivity index (χ1) is 13.2. The Balaban J connectivity index is 1.45. The number of nitrogens with zero attached hydrogens (tertiary/aromatic N) is 4. The fraction of sp³-hybridized carbons (Fsp3) is 0.250. The summed E-state index contributed by atoms with van der Waals surface area (Å²) in [5.41, 5.74) is 1.12. The second-order valence-corrected chi connectivity index (χ2v) is 7.11. The highest BCUT2D eigenvalue weighted by molar-refractivity contribution is 7.09. The van der Waals surface area contributed by atoms with Gasteiger partial charge in [-0.25, -0.2) is 4.39 Å². The van der Waals surface area contributed by atoms with Crippen molar-refractivity contribution >= 4 is 22.6 Å². The Morgan fingerprint density at radius 3 is 2.56 bits per heavy atom. The molecule has 5 nitrogen and oxygen atoms in total. The molecule has 138 valence electrons. The van der Waals surface area contributed by atoms with Crippen LogP contribution in [0, 0.1) is 5.82 Å². The van der Waals surface area contributed by atoms with Crippen molar-refractivity contribution in [2.45, 2.75) is 6.42 Å². The van der Waals surface area contributed by atoms with Crippen molar-refractivity contribution in [1.29, 1.82) is 0 Å². The van der Waals surface area contributed by atoms with Gasteiger partial charge in [0.2, 0.25) is 5.13 Å². The third kappa shape index (κ3) is 3.83. The van der Waals surface area contributed by atoms with E-state index in [1.807, 2.05) is 30.3 Å². The second-order valence-electron chi connectivity index (χ2n) is 6.38. The molecule has 4 rings (SSSR count). The topological polar surface area (TPSA) is 49.3 Å². The van der Waals surface area contributed by atoms with Crippen LogP contribution in [0.4, 0.5) is 9.52 Å². The number of anilines is 1. The van der Waals surface area contributed by atoms with Crippen molar-refractivity contribution in [3.8, 4) is 11.4 Å². The Bertz CT molecular complexity index is 930. The molecule has 0 unspecified atom stereocenters. The molecule has 0 atom stereocenters. The molecule has 1 saturated heterocycles. The molecule has 7 heteroatoms. The highest BCUT2D eigenvalue weighted by Gasteiger charge is 2.23. The molecular weight excluding hydrogens is 363 g/mol. The standard InChI is InChI=1S/C20H19FN4OS/c21-17-10-5-4-9-16(17)19(26)24-11-6-12-25(14-13-24)20-22-18(23-27-20)15-7-2-1-3-8-15/h1-5,7-10H,6,11-14H2. The Kier molecular flexibility index (Phi) is 5.11. The lowest BCUT2D eigenvalue weighted by Crippen LogP contribution is -2.35. The van der Waals surface area contributed by atoms with Crippen molar-refractivity contribution in [3.63, 3.8) is 0 Å². The lowest BCUT2D eigenvalue weighted by Gasteiger charge is -2.21. The molecule has 1 amide bonds. The van der Waals surface area contributed by atoms with Crippen LogP contribution in [-0.2, 0) is 0 Å². The number of hydrogen-bond acceptors (Lipinski definition) is 5. The molecule has 2 heterocycles. The van der Waals surface area contributed by atoms with Crippen molar-refractivity contribution in [2.24, 2.45) is 0 Å². The number of amides is 1. The smallest absolute Gasteiger partial charge is 0.256 e. The Labute approximate surface area is 161 Å². The van der Waals surface area contributed by atoms with Crippen LogP contribution < -0.4 is 4.90 Å². The molecular formula is C20H19FN4OS. The molecule has 1 fully saturated rings. The maximum Gasteiger partial charge on any atom is 0.256 e. The van der Waals surface area contributed by atoms with E-state index in [9.17, 15) is 9.18 Å². The van der Waals surface area contributed by atoms with E-state index >= 15 is 0 Å². The van der Waals surface area contributed by atoms with Crippen LogP contribution in [-0.4, -0.2) is 46.3 Å². The summed E-state index contributed by atoms with van der Waals surface area (Å²) in [5.74, 6) is -0.00319. The van der Waals surface area contributed by atoms with Gasteiger partial charge in [0.1, 0.15) is 5.82 Å². The molecule has 0 aliphatic carbocycles. The molecule has 0 N–H and O–H groups in total. The van der Waals surface area contributed by atoms with E-state index in [-0.39, 0.29) is 11.5 Å². The molecule has 1 aliphatic heterocycles.